The maximum absolute atomic E-state index is 13.9. The number of carbonyl (C=O) groups excluding carboxylic acids is 2. The SMILES string of the molecule is CC1(C)OC(=O)[C@H](N2C(=O)O[C@H](c3ccccc3)[C@@H]2c2ccccc2)[C@@H](C(F)(F)F)O1. The zero-order valence-corrected chi connectivity index (χ0v) is 16.7. The van der Waals surface area contributed by atoms with Gasteiger partial charge >= 0.3 is 18.2 Å². The van der Waals surface area contributed by atoms with Crippen molar-refractivity contribution in [2.24, 2.45) is 0 Å². The van der Waals surface area contributed by atoms with E-state index in [0.717, 1.165) is 4.90 Å². The molecule has 31 heavy (non-hydrogen) atoms. The lowest BCUT2D eigenvalue weighted by atomic mass is 9.93. The molecule has 0 N–H and O–H groups in total. The Morgan fingerprint density at radius 2 is 1.42 bits per heavy atom. The Kier molecular flexibility index (Phi) is 5.17. The summed E-state index contributed by atoms with van der Waals surface area (Å²) >= 11 is 0. The molecule has 9 heteroatoms. The van der Waals surface area contributed by atoms with Crippen LogP contribution in [0, 0.1) is 0 Å². The second-order valence-electron chi connectivity index (χ2n) is 7.82. The van der Waals surface area contributed by atoms with Gasteiger partial charge in [-0.2, -0.15) is 13.2 Å². The summed E-state index contributed by atoms with van der Waals surface area (Å²) in [6, 6.07) is 14.0. The van der Waals surface area contributed by atoms with Crippen molar-refractivity contribution in [2.45, 2.75) is 50.1 Å². The fourth-order valence-corrected chi connectivity index (χ4v) is 3.98. The molecule has 2 aliphatic rings. The Balaban J connectivity index is 1.83. The van der Waals surface area contributed by atoms with Crippen molar-refractivity contribution in [1.82, 2.24) is 4.90 Å². The summed E-state index contributed by atoms with van der Waals surface area (Å²) in [5.41, 5.74) is 1.10. The van der Waals surface area contributed by atoms with E-state index in [9.17, 15) is 22.8 Å². The number of carbonyl (C=O) groups is 2. The minimum atomic E-state index is -4.92. The monoisotopic (exact) mass is 435 g/mol. The van der Waals surface area contributed by atoms with Crippen molar-refractivity contribution in [1.29, 1.82) is 0 Å². The first kappa shape index (κ1) is 21.2. The standard InChI is InChI=1S/C22H20F3NO5/c1-21(2)30-18(22(23,24)25)16(19(27)31-21)26-15(13-9-5-3-6-10-13)17(29-20(26)28)14-11-7-4-8-12-14/h3-12,15-18H,1-2H3/t15-,16+,17+,18-/m0/s1. The third-order valence-electron chi connectivity index (χ3n) is 5.20. The summed E-state index contributed by atoms with van der Waals surface area (Å²) < 4.78 is 57.5. The van der Waals surface area contributed by atoms with Gasteiger partial charge in [0.05, 0.1) is 0 Å². The van der Waals surface area contributed by atoms with E-state index in [-0.39, 0.29) is 0 Å². The molecule has 2 fully saturated rings. The van der Waals surface area contributed by atoms with Crippen LogP contribution in [-0.4, -0.2) is 41.1 Å². The first-order valence-electron chi connectivity index (χ1n) is 9.65. The number of ether oxygens (including phenoxy) is 3. The van der Waals surface area contributed by atoms with Gasteiger partial charge in [-0.05, 0) is 11.1 Å². The van der Waals surface area contributed by atoms with Crippen molar-refractivity contribution in [3.63, 3.8) is 0 Å². The summed E-state index contributed by atoms with van der Waals surface area (Å²) in [5, 5.41) is 0. The predicted octanol–water partition coefficient (Wildman–Crippen LogP) is 4.53. The van der Waals surface area contributed by atoms with Crippen molar-refractivity contribution >= 4 is 12.1 Å². The maximum Gasteiger partial charge on any atom is 0.417 e. The Labute approximate surface area is 176 Å². The van der Waals surface area contributed by atoms with Crippen LogP contribution in [0.5, 0.6) is 0 Å². The van der Waals surface area contributed by atoms with Crippen molar-refractivity contribution < 1.29 is 37.0 Å². The van der Waals surface area contributed by atoms with Crippen LogP contribution in [0.3, 0.4) is 0 Å². The quantitative estimate of drug-likeness (QED) is 0.663. The van der Waals surface area contributed by atoms with Crippen molar-refractivity contribution in [2.75, 3.05) is 0 Å². The van der Waals surface area contributed by atoms with Crippen LogP contribution < -0.4 is 0 Å². The van der Waals surface area contributed by atoms with E-state index in [4.69, 9.17) is 14.2 Å². The highest BCUT2D eigenvalue weighted by atomic mass is 19.4. The number of benzene rings is 2. The van der Waals surface area contributed by atoms with Gasteiger partial charge in [0.1, 0.15) is 6.04 Å². The summed E-state index contributed by atoms with van der Waals surface area (Å²) in [6.45, 7) is 2.42. The van der Waals surface area contributed by atoms with E-state index in [1.807, 2.05) is 0 Å². The van der Waals surface area contributed by atoms with Crippen molar-refractivity contribution in [3.05, 3.63) is 71.8 Å². The normalized spacial score (nSPS) is 28.2. The van der Waals surface area contributed by atoms with Crippen LogP contribution in [0.1, 0.15) is 37.1 Å². The molecule has 2 aromatic carbocycles. The molecule has 0 radical (unpaired) electrons. The Hall–Kier alpha value is -3.07. The lowest BCUT2D eigenvalue weighted by molar-refractivity contribution is -0.332. The largest absolute Gasteiger partial charge is 0.439 e. The second kappa shape index (κ2) is 7.56. The van der Waals surface area contributed by atoms with Crippen LogP contribution in [0.25, 0.3) is 0 Å². The number of amides is 1. The highest BCUT2D eigenvalue weighted by Gasteiger charge is 2.62. The molecule has 0 aromatic heterocycles. The van der Waals surface area contributed by atoms with E-state index in [1.165, 1.54) is 13.8 Å². The van der Waals surface area contributed by atoms with Crippen molar-refractivity contribution in [3.8, 4) is 0 Å². The first-order valence-corrected chi connectivity index (χ1v) is 9.65. The molecule has 0 aliphatic carbocycles. The van der Waals surface area contributed by atoms with Crippen LogP contribution in [0.15, 0.2) is 60.7 Å². The first-order chi connectivity index (χ1) is 14.6. The van der Waals surface area contributed by atoms with Gasteiger partial charge in [0.15, 0.2) is 18.2 Å². The Morgan fingerprint density at radius 3 is 1.97 bits per heavy atom. The zero-order valence-electron chi connectivity index (χ0n) is 16.7. The molecule has 164 valence electrons. The fraction of sp³-hybridized carbons (Fsp3) is 0.364. The minimum Gasteiger partial charge on any atom is -0.439 e. The molecular formula is C22H20F3NO5. The molecule has 2 heterocycles. The third-order valence-corrected chi connectivity index (χ3v) is 5.20. The fourth-order valence-electron chi connectivity index (χ4n) is 3.98. The molecule has 4 rings (SSSR count). The molecule has 0 spiro atoms. The van der Waals surface area contributed by atoms with Crippen LogP contribution >= 0.6 is 0 Å². The Bertz CT molecular complexity index is 964. The van der Waals surface area contributed by atoms with Crippen LogP contribution in [-0.2, 0) is 19.0 Å². The highest BCUT2D eigenvalue weighted by molar-refractivity contribution is 5.84. The summed E-state index contributed by atoms with van der Waals surface area (Å²) in [4.78, 5) is 26.5. The van der Waals surface area contributed by atoms with Gasteiger partial charge in [-0.3, -0.25) is 4.90 Å². The van der Waals surface area contributed by atoms with Gasteiger partial charge in [-0.1, -0.05) is 60.7 Å². The highest BCUT2D eigenvalue weighted by Crippen LogP contribution is 2.47. The smallest absolute Gasteiger partial charge is 0.417 e. The number of hydrogen-bond donors (Lipinski definition) is 0. The zero-order chi connectivity index (χ0) is 22.4. The van der Waals surface area contributed by atoms with Gasteiger partial charge in [-0.25, -0.2) is 9.59 Å². The number of halogens is 3. The van der Waals surface area contributed by atoms with Gasteiger partial charge in [0.25, 0.3) is 0 Å². The van der Waals surface area contributed by atoms with Gasteiger partial charge in [0.2, 0.25) is 5.79 Å². The van der Waals surface area contributed by atoms with E-state index in [2.05, 4.69) is 0 Å². The summed E-state index contributed by atoms with van der Waals surface area (Å²) in [7, 11) is 0. The molecular weight excluding hydrogens is 415 g/mol. The molecule has 0 unspecified atom stereocenters. The maximum atomic E-state index is 13.9. The number of alkyl halides is 3. The number of nitrogens with zero attached hydrogens (tertiary/aromatic N) is 1. The molecule has 1 amide bonds. The van der Waals surface area contributed by atoms with Gasteiger partial charge in [-0.15, -0.1) is 0 Å². The second-order valence-corrected chi connectivity index (χ2v) is 7.82. The van der Waals surface area contributed by atoms with Crippen LogP contribution in [0.4, 0.5) is 18.0 Å². The lowest BCUT2D eigenvalue weighted by Gasteiger charge is -2.44. The van der Waals surface area contributed by atoms with Gasteiger partial charge in [0, 0.05) is 13.8 Å². The molecule has 2 aliphatic heterocycles. The van der Waals surface area contributed by atoms with E-state index >= 15 is 0 Å². The predicted molar refractivity (Wildman–Crippen MR) is 102 cm³/mol. The number of hydrogen-bond acceptors (Lipinski definition) is 5. The molecule has 0 bridgehead atoms. The molecule has 2 saturated heterocycles. The third kappa shape index (κ3) is 3.97. The molecule has 0 saturated carbocycles. The lowest BCUT2D eigenvalue weighted by Crippen LogP contribution is -2.63. The summed E-state index contributed by atoms with van der Waals surface area (Å²) in [5.74, 6) is -3.00. The molecule has 2 aromatic rings. The molecule has 6 nitrogen and oxygen atoms in total. The number of esters is 1. The van der Waals surface area contributed by atoms with E-state index in [0.29, 0.717) is 11.1 Å². The number of rotatable bonds is 3. The van der Waals surface area contributed by atoms with E-state index < -0.39 is 48.3 Å². The topological polar surface area (TPSA) is 65.1 Å². The molecule has 4 atom stereocenters. The average Bonchev–Trinajstić information content (AvgIpc) is 3.04. The summed E-state index contributed by atoms with van der Waals surface area (Å²) in [6.07, 6.45) is -9.47. The Morgan fingerprint density at radius 1 is 0.871 bits per heavy atom. The van der Waals surface area contributed by atoms with E-state index in [1.54, 1.807) is 60.7 Å². The van der Waals surface area contributed by atoms with Gasteiger partial charge < -0.3 is 14.2 Å². The average molecular weight is 435 g/mol. The number of cyclic esters (lactones) is 2. The minimum absolute atomic E-state index is 0.515. The van der Waals surface area contributed by atoms with Crippen LogP contribution in [0.2, 0.25) is 0 Å².